The molecule has 12 aromatic rings. The van der Waals surface area contributed by atoms with Crippen LogP contribution in [0.2, 0.25) is 0 Å². The normalized spacial score (nSPS) is 12.4. The minimum atomic E-state index is -0.221. The first kappa shape index (κ1) is 39.6. The molecule has 4 aromatic heterocycles. The molecule has 0 bridgehead atoms. The van der Waals surface area contributed by atoms with E-state index in [4.69, 9.17) is 19.9 Å². The lowest BCUT2D eigenvalue weighted by atomic mass is 9.77. The molecule has 8 aromatic carbocycles. The summed E-state index contributed by atoms with van der Waals surface area (Å²) in [4.78, 5) is 25.1. The largest absolute Gasteiger partial charge is 0.305 e. The topological polar surface area (TPSA) is 58.0 Å². The third kappa shape index (κ3) is 6.16. The van der Waals surface area contributed by atoms with E-state index in [1.807, 2.05) is 49.1 Å². The SMILES string of the molecule is CC(C)(C)c1cc(N(c2cccc3cccnc23)c2cccc3cccnc23)c2ccc3c(C(C)(C)C)cc(N(c4cccc5cccnc45)c4cccc5cccnc45)c4ccc1c2c43. The molecule has 0 amide bonds. The zero-order chi connectivity index (χ0) is 44.9. The highest BCUT2D eigenvalue weighted by molar-refractivity contribution is 6.30. The van der Waals surface area contributed by atoms with Gasteiger partial charge in [-0.15, -0.1) is 0 Å². The maximum atomic E-state index is 5.06. The van der Waals surface area contributed by atoms with Gasteiger partial charge >= 0.3 is 0 Å². The van der Waals surface area contributed by atoms with Crippen LogP contribution in [0.25, 0.3) is 75.9 Å². The Morgan fingerprint density at radius 2 is 0.576 bits per heavy atom. The van der Waals surface area contributed by atoms with Gasteiger partial charge in [0.05, 0.1) is 56.2 Å². The Bertz CT molecular complexity index is 3440. The van der Waals surface area contributed by atoms with Gasteiger partial charge in [-0.3, -0.25) is 19.9 Å². The smallest absolute Gasteiger partial charge is 0.0942 e. The number of pyridine rings is 4. The van der Waals surface area contributed by atoms with Crippen molar-refractivity contribution < 1.29 is 0 Å². The summed E-state index contributed by atoms with van der Waals surface area (Å²) in [5, 5.41) is 11.6. The van der Waals surface area contributed by atoms with Crippen molar-refractivity contribution in [2.24, 2.45) is 0 Å². The minimum Gasteiger partial charge on any atom is -0.305 e. The molecule has 0 aliphatic rings. The van der Waals surface area contributed by atoms with Gasteiger partial charge in [-0.05, 0) is 104 Å². The highest BCUT2D eigenvalue weighted by Crippen LogP contribution is 2.53. The van der Waals surface area contributed by atoms with E-state index in [0.717, 1.165) is 88.5 Å². The molecule has 66 heavy (non-hydrogen) atoms. The number of para-hydroxylation sites is 4. The summed E-state index contributed by atoms with van der Waals surface area (Å²) < 4.78 is 0. The van der Waals surface area contributed by atoms with Gasteiger partial charge in [-0.25, -0.2) is 0 Å². The molecular formula is C60H48N6. The Kier molecular flexibility index (Phi) is 8.88. The Morgan fingerprint density at radius 3 is 0.864 bits per heavy atom. The number of hydrogen-bond donors (Lipinski definition) is 0. The number of rotatable bonds is 6. The number of hydrogen-bond acceptors (Lipinski definition) is 6. The Hall–Kier alpha value is -7.96. The lowest BCUT2D eigenvalue weighted by molar-refractivity contribution is 0.595. The molecule has 0 spiro atoms. The molecule has 4 heterocycles. The Morgan fingerprint density at radius 1 is 0.303 bits per heavy atom. The van der Waals surface area contributed by atoms with Crippen LogP contribution in [0.5, 0.6) is 0 Å². The number of fused-ring (bicyclic) bond motifs is 4. The zero-order valence-corrected chi connectivity index (χ0v) is 38.0. The maximum absolute atomic E-state index is 5.06. The lowest BCUT2D eigenvalue weighted by Gasteiger charge is -2.34. The fourth-order valence-electron chi connectivity index (χ4n) is 10.4. The van der Waals surface area contributed by atoms with Gasteiger partial charge in [-0.2, -0.15) is 0 Å². The van der Waals surface area contributed by atoms with Gasteiger partial charge in [0.2, 0.25) is 0 Å². The van der Waals surface area contributed by atoms with E-state index < -0.39 is 0 Å². The van der Waals surface area contributed by atoms with Gasteiger partial charge in [0.25, 0.3) is 0 Å². The second-order valence-electron chi connectivity index (χ2n) is 19.5. The van der Waals surface area contributed by atoms with E-state index >= 15 is 0 Å². The number of aromatic nitrogens is 4. The Balaban J connectivity index is 1.27. The van der Waals surface area contributed by atoms with Crippen LogP contribution < -0.4 is 9.80 Å². The van der Waals surface area contributed by atoms with Crippen LogP contribution in [-0.4, -0.2) is 19.9 Å². The van der Waals surface area contributed by atoms with Crippen LogP contribution in [0, 0.1) is 0 Å². The number of anilines is 6. The van der Waals surface area contributed by atoms with Crippen molar-refractivity contribution in [3.05, 3.63) is 194 Å². The van der Waals surface area contributed by atoms with E-state index in [1.165, 1.54) is 32.7 Å². The molecular weight excluding hydrogens is 805 g/mol. The lowest BCUT2D eigenvalue weighted by Crippen LogP contribution is -2.18. The molecule has 0 radical (unpaired) electrons. The van der Waals surface area contributed by atoms with Crippen LogP contribution in [0.1, 0.15) is 52.7 Å². The molecule has 0 aliphatic heterocycles. The minimum absolute atomic E-state index is 0.221. The highest BCUT2D eigenvalue weighted by Gasteiger charge is 2.31. The number of benzene rings is 8. The predicted molar refractivity (Wildman–Crippen MR) is 278 cm³/mol. The fourth-order valence-corrected chi connectivity index (χ4v) is 10.4. The van der Waals surface area contributed by atoms with Gasteiger partial charge in [0.1, 0.15) is 0 Å². The van der Waals surface area contributed by atoms with E-state index in [2.05, 4.69) is 185 Å². The first-order valence-electron chi connectivity index (χ1n) is 22.8. The van der Waals surface area contributed by atoms with Crippen molar-refractivity contribution in [2.75, 3.05) is 9.80 Å². The van der Waals surface area contributed by atoms with Crippen LogP contribution in [-0.2, 0) is 10.8 Å². The molecule has 0 fully saturated rings. The van der Waals surface area contributed by atoms with E-state index in [0.29, 0.717) is 0 Å². The summed E-state index contributed by atoms with van der Waals surface area (Å²) in [6, 6.07) is 57.0. The monoisotopic (exact) mass is 852 g/mol. The van der Waals surface area contributed by atoms with Crippen LogP contribution in [0.3, 0.4) is 0 Å². The maximum Gasteiger partial charge on any atom is 0.0942 e. The van der Waals surface area contributed by atoms with Crippen LogP contribution in [0.15, 0.2) is 183 Å². The first-order valence-corrected chi connectivity index (χ1v) is 22.8. The van der Waals surface area contributed by atoms with E-state index in [1.54, 1.807) is 0 Å². The molecule has 0 atom stereocenters. The van der Waals surface area contributed by atoms with Crippen molar-refractivity contribution in [3.63, 3.8) is 0 Å². The second kappa shape index (κ2) is 14.8. The van der Waals surface area contributed by atoms with Crippen molar-refractivity contribution >= 4 is 110 Å². The quantitative estimate of drug-likeness (QED) is 0.155. The van der Waals surface area contributed by atoms with E-state index in [9.17, 15) is 0 Å². The molecule has 0 N–H and O–H groups in total. The standard InChI is InChI=1S/C60H48N6/c1-59(2,3)45-35-51(65(47-23-7-15-37-19-11-31-61-55(37)47)48-24-8-16-38-20-12-32-62-56(38)48)43-30-28-42-46(60(4,5)6)36-52(44-29-27-41(45)53(43)54(42)44)66(49-25-9-17-39-21-13-33-63-57(39)49)50-26-10-18-40-22-14-34-64-58(40)50/h7-36H,1-6H3. The van der Waals surface area contributed by atoms with Gasteiger partial charge < -0.3 is 9.80 Å². The van der Waals surface area contributed by atoms with Crippen molar-refractivity contribution in [1.82, 2.24) is 19.9 Å². The fraction of sp³-hybridized carbons (Fsp3) is 0.133. The molecule has 0 aliphatic carbocycles. The van der Waals surface area contributed by atoms with Crippen LogP contribution in [0.4, 0.5) is 34.1 Å². The summed E-state index contributed by atoms with van der Waals surface area (Å²) in [5.74, 6) is 0. The summed E-state index contributed by atoms with van der Waals surface area (Å²) in [5.41, 5.74) is 11.9. The summed E-state index contributed by atoms with van der Waals surface area (Å²) in [7, 11) is 0. The van der Waals surface area contributed by atoms with Crippen molar-refractivity contribution in [3.8, 4) is 0 Å². The van der Waals surface area contributed by atoms with Gasteiger partial charge in [0, 0.05) is 57.1 Å². The molecule has 318 valence electrons. The van der Waals surface area contributed by atoms with Gasteiger partial charge in [-0.1, -0.05) is 139 Å². The molecule has 6 nitrogen and oxygen atoms in total. The average molecular weight is 853 g/mol. The summed E-state index contributed by atoms with van der Waals surface area (Å²) >= 11 is 0. The van der Waals surface area contributed by atoms with E-state index in [-0.39, 0.29) is 10.8 Å². The second-order valence-corrected chi connectivity index (χ2v) is 19.5. The molecule has 0 saturated carbocycles. The third-order valence-corrected chi connectivity index (χ3v) is 13.4. The van der Waals surface area contributed by atoms with Crippen LogP contribution >= 0.6 is 0 Å². The zero-order valence-electron chi connectivity index (χ0n) is 38.0. The molecule has 6 heteroatoms. The molecule has 0 saturated heterocycles. The average Bonchev–Trinajstić information content (AvgIpc) is 3.33. The molecule has 0 unspecified atom stereocenters. The Labute approximate surface area is 384 Å². The molecule has 12 rings (SSSR count). The predicted octanol–water partition coefficient (Wildman–Crippen LogP) is 16.3. The highest BCUT2D eigenvalue weighted by atomic mass is 15.2. The number of nitrogens with zero attached hydrogens (tertiary/aromatic N) is 6. The van der Waals surface area contributed by atoms with Crippen molar-refractivity contribution in [2.45, 2.75) is 52.4 Å². The van der Waals surface area contributed by atoms with Gasteiger partial charge in [0.15, 0.2) is 0 Å². The first-order chi connectivity index (χ1) is 32.0. The third-order valence-electron chi connectivity index (χ3n) is 13.4. The summed E-state index contributed by atoms with van der Waals surface area (Å²) in [6.45, 7) is 14.0. The summed E-state index contributed by atoms with van der Waals surface area (Å²) in [6.07, 6.45) is 7.59. The van der Waals surface area contributed by atoms with Crippen molar-refractivity contribution in [1.29, 1.82) is 0 Å².